The van der Waals surface area contributed by atoms with Crippen molar-refractivity contribution in [2.75, 3.05) is 33.4 Å². The summed E-state index contributed by atoms with van der Waals surface area (Å²) in [5.41, 5.74) is 1.95. The second-order valence-corrected chi connectivity index (χ2v) is 12.7. The first-order chi connectivity index (χ1) is 19.6. The van der Waals surface area contributed by atoms with Gasteiger partial charge in [0.15, 0.2) is 0 Å². The van der Waals surface area contributed by atoms with Gasteiger partial charge >= 0.3 is 5.97 Å². The summed E-state index contributed by atoms with van der Waals surface area (Å²) in [6.45, 7) is 8.57. The highest BCUT2D eigenvalue weighted by molar-refractivity contribution is 6.04. The molecule has 3 heterocycles. The van der Waals surface area contributed by atoms with Crippen molar-refractivity contribution in [1.82, 2.24) is 4.90 Å². The number of carbonyl (C=O) groups excluding carboxylic acids is 1. The van der Waals surface area contributed by atoms with Crippen molar-refractivity contribution in [3.8, 4) is 6.07 Å². The molecule has 0 amide bonds. The number of aliphatic hydroxyl groups excluding tert-OH is 1. The number of nitrogens with zero attached hydrogens (tertiary/aromatic N) is 3. The molecule has 1 aliphatic carbocycles. The minimum Gasteiger partial charge on any atom is -0.512 e. The van der Waals surface area contributed by atoms with Crippen molar-refractivity contribution in [1.29, 1.82) is 5.26 Å². The number of amidine groups is 1. The van der Waals surface area contributed by atoms with Gasteiger partial charge in [-0.15, -0.1) is 0 Å². The monoisotopic (exact) mass is 564 g/mol. The first kappa shape index (κ1) is 29.3. The predicted octanol–water partition coefficient (Wildman–Crippen LogP) is 5.69. The summed E-state index contributed by atoms with van der Waals surface area (Å²) in [5.74, 6) is 0.544. The van der Waals surface area contributed by atoms with Gasteiger partial charge in [0.25, 0.3) is 5.84 Å². The number of aliphatic hydroxyl groups is 1. The highest BCUT2D eigenvalue weighted by Gasteiger charge is 2.49. The van der Waals surface area contributed by atoms with E-state index in [4.69, 9.17) is 9.47 Å². The van der Waals surface area contributed by atoms with E-state index in [1.807, 2.05) is 20.0 Å². The topological polar surface area (TPSA) is 85.8 Å². The Hall–Kier alpha value is -3.18. The van der Waals surface area contributed by atoms with E-state index in [9.17, 15) is 19.6 Å². The van der Waals surface area contributed by atoms with Gasteiger partial charge in [-0.1, -0.05) is 25.0 Å². The fraction of sp³-hybridized carbons (Fsp3) is 0.606. The molecule has 41 heavy (non-hydrogen) atoms. The summed E-state index contributed by atoms with van der Waals surface area (Å²) in [7, 11) is 2.04. The van der Waals surface area contributed by atoms with Crippen molar-refractivity contribution in [3.05, 3.63) is 57.7 Å². The molecule has 0 aromatic heterocycles. The maximum atomic E-state index is 15.0. The molecule has 1 saturated heterocycles. The minimum atomic E-state index is -0.916. The van der Waals surface area contributed by atoms with E-state index in [-0.39, 0.29) is 18.1 Å². The van der Waals surface area contributed by atoms with Crippen LogP contribution < -0.4 is 0 Å². The van der Waals surface area contributed by atoms with Crippen LogP contribution in [0.5, 0.6) is 0 Å². The van der Waals surface area contributed by atoms with E-state index in [2.05, 4.69) is 15.5 Å². The molecule has 3 aliphatic heterocycles. The van der Waals surface area contributed by atoms with Crippen molar-refractivity contribution in [3.63, 3.8) is 0 Å². The molecule has 0 spiro atoms. The minimum absolute atomic E-state index is 0.124. The number of halogens is 1. The highest BCUT2D eigenvalue weighted by atomic mass is 19.1. The van der Waals surface area contributed by atoms with Crippen LogP contribution in [-0.2, 0) is 26.1 Å². The fourth-order valence-electron chi connectivity index (χ4n) is 7.04. The fourth-order valence-corrected chi connectivity index (χ4v) is 7.04. The van der Waals surface area contributed by atoms with Crippen LogP contribution in [0, 0.1) is 23.1 Å². The van der Waals surface area contributed by atoms with Gasteiger partial charge in [0, 0.05) is 24.8 Å². The van der Waals surface area contributed by atoms with Gasteiger partial charge in [0.05, 0.1) is 49.4 Å². The van der Waals surface area contributed by atoms with Crippen LogP contribution in [0.4, 0.5) is 4.39 Å². The van der Waals surface area contributed by atoms with Gasteiger partial charge in [-0.2, -0.15) is 5.26 Å². The van der Waals surface area contributed by atoms with Crippen molar-refractivity contribution >= 4 is 11.8 Å². The Labute approximate surface area is 242 Å². The molecule has 1 aromatic carbocycles. The molecule has 8 heteroatoms. The molecule has 1 atom stereocenters. The number of ether oxygens (including phenoxy) is 2. The van der Waals surface area contributed by atoms with E-state index in [0.717, 1.165) is 74.5 Å². The second-order valence-electron chi connectivity index (χ2n) is 12.7. The van der Waals surface area contributed by atoms with Gasteiger partial charge < -0.3 is 14.6 Å². The highest BCUT2D eigenvalue weighted by Crippen LogP contribution is 2.47. The SMILES string of the molecule is CC1=C(CC2=C(O)CC(CCc3ccc(C(C)(C)C#N)c(F)c3)(C3CCCC3)OC2=O)C(=[N+]2CCCOCC2)N1C. The zero-order valence-electron chi connectivity index (χ0n) is 24.9. The van der Waals surface area contributed by atoms with E-state index in [1.165, 1.54) is 6.07 Å². The molecule has 7 nitrogen and oxygen atoms in total. The number of aryl methyl sites for hydroxylation is 1. The summed E-state index contributed by atoms with van der Waals surface area (Å²) in [4.78, 5) is 15.8. The zero-order valence-corrected chi connectivity index (χ0v) is 24.9. The van der Waals surface area contributed by atoms with E-state index in [0.29, 0.717) is 37.0 Å². The first-order valence-electron chi connectivity index (χ1n) is 15.0. The van der Waals surface area contributed by atoms with E-state index < -0.39 is 22.8 Å². The molecule has 0 bridgehead atoms. The molecule has 2 fully saturated rings. The van der Waals surface area contributed by atoms with Crippen molar-refractivity contribution < 1.29 is 28.3 Å². The van der Waals surface area contributed by atoms with Crippen LogP contribution in [0.3, 0.4) is 0 Å². The number of hydrogen-bond acceptors (Lipinski definition) is 5. The quantitative estimate of drug-likeness (QED) is 0.338. The Kier molecular flexibility index (Phi) is 8.29. The van der Waals surface area contributed by atoms with Gasteiger partial charge in [-0.05, 0) is 64.0 Å². The molecule has 1 saturated carbocycles. The Morgan fingerprint density at radius 2 is 1.95 bits per heavy atom. The standard InChI is InChI=1S/C33H42FN3O4/c1-22-25(30(36(22)4)37-14-7-16-40-17-15-37)19-26-29(38)20-33(41-31(26)39,24-8-5-6-9-24)13-12-23-10-11-27(28(34)18-23)32(2,3)21-35/h10-11,18,24H,5-9,12-17,19-20H2,1-4H3/p+1. The third kappa shape index (κ3) is 5.66. The zero-order chi connectivity index (χ0) is 29.4. The number of rotatable bonds is 7. The van der Waals surface area contributed by atoms with Gasteiger partial charge in [-0.25, -0.2) is 14.1 Å². The largest absolute Gasteiger partial charge is 0.512 e. The number of carbonyl (C=O) groups is 1. The van der Waals surface area contributed by atoms with Crippen molar-refractivity contribution in [2.24, 2.45) is 5.92 Å². The second kappa shape index (κ2) is 11.6. The lowest BCUT2D eigenvalue weighted by Crippen LogP contribution is -2.48. The number of hydrogen-bond donors (Lipinski definition) is 1. The van der Waals surface area contributed by atoms with Gasteiger partial charge in [-0.3, -0.25) is 4.58 Å². The average molecular weight is 565 g/mol. The summed E-state index contributed by atoms with van der Waals surface area (Å²) < 4.78 is 29.3. The normalized spacial score (nSPS) is 26.1. The Morgan fingerprint density at radius 3 is 2.63 bits per heavy atom. The van der Waals surface area contributed by atoms with E-state index >= 15 is 0 Å². The number of cyclic esters (lactones) is 1. The lowest BCUT2D eigenvalue weighted by atomic mass is 9.75. The van der Waals surface area contributed by atoms with Gasteiger partial charge in [0.1, 0.15) is 29.4 Å². The van der Waals surface area contributed by atoms with Crippen LogP contribution in [0.25, 0.3) is 0 Å². The molecular formula is C33H43FN3O4+. The Bertz CT molecular complexity index is 1340. The third-order valence-corrected chi connectivity index (χ3v) is 9.68. The molecule has 1 N–H and O–H groups in total. The van der Waals surface area contributed by atoms with Crippen LogP contribution in [0.15, 0.2) is 40.8 Å². The molecule has 0 radical (unpaired) electrons. The summed E-state index contributed by atoms with van der Waals surface area (Å²) >= 11 is 0. The lowest BCUT2D eigenvalue weighted by Gasteiger charge is -2.42. The summed E-state index contributed by atoms with van der Waals surface area (Å²) in [5, 5.41) is 20.8. The molecule has 5 rings (SSSR count). The maximum Gasteiger partial charge on any atom is 0.338 e. The average Bonchev–Trinajstić information content (AvgIpc) is 3.38. The van der Waals surface area contributed by atoms with Crippen LogP contribution in [0.1, 0.15) is 83.3 Å². The predicted molar refractivity (Wildman–Crippen MR) is 154 cm³/mol. The smallest absolute Gasteiger partial charge is 0.338 e. The number of esters is 1. The van der Waals surface area contributed by atoms with Crippen LogP contribution in [-0.4, -0.2) is 65.3 Å². The van der Waals surface area contributed by atoms with E-state index in [1.54, 1.807) is 19.9 Å². The molecule has 4 aliphatic rings. The maximum absolute atomic E-state index is 15.0. The molecular weight excluding hydrogens is 521 g/mol. The summed E-state index contributed by atoms with van der Waals surface area (Å²) in [6, 6.07) is 7.21. The van der Waals surface area contributed by atoms with Crippen molar-refractivity contribution in [2.45, 2.75) is 89.6 Å². The summed E-state index contributed by atoms with van der Waals surface area (Å²) in [6.07, 6.45) is 6.65. The van der Waals surface area contributed by atoms with Crippen LogP contribution in [0.2, 0.25) is 0 Å². The lowest BCUT2D eigenvalue weighted by molar-refractivity contribution is -0.530. The molecule has 1 aromatic rings. The number of likely N-dealkylation sites (N-methyl/N-ethyl adjacent to an activating group) is 1. The molecule has 220 valence electrons. The third-order valence-electron chi connectivity index (χ3n) is 9.68. The van der Waals surface area contributed by atoms with Crippen LogP contribution >= 0.6 is 0 Å². The van der Waals surface area contributed by atoms with Gasteiger partial charge in [0.2, 0.25) is 0 Å². The Balaban J connectivity index is 1.38. The number of allylic oxidation sites excluding steroid dienone is 1. The number of nitriles is 1. The Morgan fingerprint density at radius 1 is 1.20 bits per heavy atom. The first-order valence-corrected chi connectivity index (χ1v) is 15.0. The number of benzene rings is 1. The molecule has 1 unspecified atom stereocenters.